The third-order valence-electron chi connectivity index (χ3n) is 3.43. The van der Waals surface area contributed by atoms with E-state index in [-0.39, 0.29) is 0 Å². The third kappa shape index (κ3) is 4.12. The van der Waals surface area contributed by atoms with Crippen molar-refractivity contribution in [1.82, 2.24) is 10.2 Å². The van der Waals surface area contributed by atoms with E-state index in [1.165, 1.54) is 6.42 Å². The van der Waals surface area contributed by atoms with E-state index in [0.717, 1.165) is 38.9 Å². The molecule has 1 aliphatic rings. The molecule has 94 valence electrons. The quantitative estimate of drug-likeness (QED) is 0.674. The first-order valence-electron chi connectivity index (χ1n) is 6.66. The summed E-state index contributed by atoms with van der Waals surface area (Å²) in [7, 11) is 0. The average molecular weight is 226 g/mol. The summed E-state index contributed by atoms with van der Waals surface area (Å²) in [6, 6.07) is 0.620. The maximum absolute atomic E-state index is 11.4. The SMILES string of the molecule is CCC(NCCCN1CCCC1=O)C(C)C. The van der Waals surface area contributed by atoms with Crippen molar-refractivity contribution >= 4 is 5.91 Å². The van der Waals surface area contributed by atoms with Crippen molar-refractivity contribution in [3.05, 3.63) is 0 Å². The fourth-order valence-electron chi connectivity index (χ4n) is 2.35. The molecule has 0 radical (unpaired) electrons. The third-order valence-corrected chi connectivity index (χ3v) is 3.43. The van der Waals surface area contributed by atoms with Crippen LogP contribution in [0.25, 0.3) is 0 Å². The van der Waals surface area contributed by atoms with E-state index in [9.17, 15) is 4.79 Å². The minimum Gasteiger partial charge on any atom is -0.343 e. The number of nitrogens with one attached hydrogen (secondary N) is 1. The zero-order valence-corrected chi connectivity index (χ0v) is 11.0. The summed E-state index contributed by atoms with van der Waals surface area (Å²) in [6.07, 6.45) is 4.07. The highest BCUT2D eigenvalue weighted by atomic mass is 16.2. The highest BCUT2D eigenvalue weighted by Crippen LogP contribution is 2.10. The van der Waals surface area contributed by atoms with E-state index < -0.39 is 0 Å². The summed E-state index contributed by atoms with van der Waals surface area (Å²) >= 11 is 0. The molecule has 3 nitrogen and oxygen atoms in total. The van der Waals surface area contributed by atoms with Gasteiger partial charge in [0.05, 0.1) is 0 Å². The number of amides is 1. The molecule has 1 N–H and O–H groups in total. The van der Waals surface area contributed by atoms with E-state index >= 15 is 0 Å². The maximum Gasteiger partial charge on any atom is 0.222 e. The number of likely N-dealkylation sites (tertiary alicyclic amines) is 1. The first-order chi connectivity index (χ1) is 7.65. The zero-order valence-electron chi connectivity index (χ0n) is 11.0. The molecule has 1 heterocycles. The van der Waals surface area contributed by atoms with Crippen LogP contribution in [-0.2, 0) is 4.79 Å². The molecule has 1 aliphatic heterocycles. The Hall–Kier alpha value is -0.570. The van der Waals surface area contributed by atoms with Crippen molar-refractivity contribution in [2.45, 2.75) is 52.5 Å². The maximum atomic E-state index is 11.4. The van der Waals surface area contributed by atoms with Crippen molar-refractivity contribution in [2.75, 3.05) is 19.6 Å². The van der Waals surface area contributed by atoms with Gasteiger partial charge in [0.15, 0.2) is 0 Å². The second kappa shape index (κ2) is 6.89. The van der Waals surface area contributed by atoms with E-state index in [2.05, 4.69) is 26.1 Å². The van der Waals surface area contributed by atoms with Gasteiger partial charge in [-0.15, -0.1) is 0 Å². The number of carbonyl (C=O) groups excluding carboxylic acids is 1. The van der Waals surface area contributed by atoms with Crippen LogP contribution in [0.1, 0.15) is 46.5 Å². The molecule has 0 aromatic heterocycles. The second-order valence-electron chi connectivity index (χ2n) is 5.05. The average Bonchev–Trinajstić information content (AvgIpc) is 2.64. The van der Waals surface area contributed by atoms with E-state index in [1.807, 2.05) is 4.90 Å². The lowest BCUT2D eigenvalue weighted by molar-refractivity contribution is -0.127. The molecule has 3 heteroatoms. The van der Waals surface area contributed by atoms with Gasteiger partial charge in [0, 0.05) is 25.6 Å². The molecule has 1 atom stereocenters. The number of nitrogens with zero attached hydrogens (tertiary/aromatic N) is 1. The largest absolute Gasteiger partial charge is 0.343 e. The Kier molecular flexibility index (Phi) is 5.81. The second-order valence-corrected chi connectivity index (χ2v) is 5.05. The zero-order chi connectivity index (χ0) is 12.0. The molecule has 1 rings (SSSR count). The van der Waals surface area contributed by atoms with Crippen LogP contribution < -0.4 is 5.32 Å². The van der Waals surface area contributed by atoms with E-state index in [0.29, 0.717) is 17.9 Å². The van der Waals surface area contributed by atoms with E-state index in [1.54, 1.807) is 0 Å². The van der Waals surface area contributed by atoms with Gasteiger partial charge in [0.1, 0.15) is 0 Å². The smallest absolute Gasteiger partial charge is 0.222 e. The Morgan fingerprint density at radius 1 is 1.44 bits per heavy atom. The monoisotopic (exact) mass is 226 g/mol. The normalized spacial score (nSPS) is 18.5. The van der Waals surface area contributed by atoms with Crippen molar-refractivity contribution in [3.63, 3.8) is 0 Å². The summed E-state index contributed by atoms with van der Waals surface area (Å²) in [6.45, 7) is 9.67. The van der Waals surface area contributed by atoms with Gasteiger partial charge in [0.2, 0.25) is 5.91 Å². The standard InChI is InChI=1S/C13H26N2O/c1-4-12(11(2)3)14-8-6-10-15-9-5-7-13(15)16/h11-12,14H,4-10H2,1-3H3. The number of carbonyl (C=O) groups is 1. The highest BCUT2D eigenvalue weighted by Gasteiger charge is 2.19. The Morgan fingerprint density at radius 3 is 2.69 bits per heavy atom. The molecular weight excluding hydrogens is 200 g/mol. The number of hydrogen-bond acceptors (Lipinski definition) is 2. The first-order valence-corrected chi connectivity index (χ1v) is 6.66. The molecule has 0 saturated carbocycles. The Labute approximate surface area is 99.6 Å². The predicted octanol–water partition coefficient (Wildman–Crippen LogP) is 2.02. The highest BCUT2D eigenvalue weighted by molar-refractivity contribution is 5.77. The Balaban J connectivity index is 2.09. The Morgan fingerprint density at radius 2 is 2.19 bits per heavy atom. The lowest BCUT2D eigenvalue weighted by atomic mass is 10.0. The van der Waals surface area contributed by atoms with Crippen molar-refractivity contribution < 1.29 is 4.79 Å². The van der Waals surface area contributed by atoms with Gasteiger partial charge in [0.25, 0.3) is 0 Å². The minimum atomic E-state index is 0.343. The molecule has 0 bridgehead atoms. The van der Waals surface area contributed by atoms with Gasteiger partial charge in [-0.1, -0.05) is 20.8 Å². The Bertz CT molecular complexity index is 216. The van der Waals surface area contributed by atoms with Crippen molar-refractivity contribution in [2.24, 2.45) is 5.92 Å². The van der Waals surface area contributed by atoms with Crippen LogP contribution in [0, 0.1) is 5.92 Å². The molecule has 0 aromatic rings. The molecule has 0 aliphatic carbocycles. The lowest BCUT2D eigenvalue weighted by Crippen LogP contribution is -2.35. The summed E-state index contributed by atoms with van der Waals surface area (Å²) in [5, 5.41) is 3.57. The lowest BCUT2D eigenvalue weighted by Gasteiger charge is -2.22. The molecule has 1 unspecified atom stereocenters. The van der Waals surface area contributed by atoms with Crippen LogP contribution in [0.4, 0.5) is 0 Å². The molecule has 0 aromatic carbocycles. The summed E-state index contributed by atoms with van der Waals surface area (Å²) in [5.74, 6) is 1.04. The van der Waals surface area contributed by atoms with Gasteiger partial charge < -0.3 is 10.2 Å². The molecule has 16 heavy (non-hydrogen) atoms. The van der Waals surface area contributed by atoms with Gasteiger partial charge in [-0.2, -0.15) is 0 Å². The van der Waals surface area contributed by atoms with Gasteiger partial charge >= 0.3 is 0 Å². The predicted molar refractivity (Wildman–Crippen MR) is 67.4 cm³/mol. The molecular formula is C13H26N2O. The van der Waals surface area contributed by atoms with Gasteiger partial charge in [-0.05, 0) is 31.7 Å². The molecule has 1 fully saturated rings. The summed E-state index contributed by atoms with van der Waals surface area (Å²) < 4.78 is 0. The number of rotatable bonds is 7. The van der Waals surface area contributed by atoms with Crippen LogP contribution >= 0.6 is 0 Å². The van der Waals surface area contributed by atoms with Gasteiger partial charge in [-0.3, -0.25) is 4.79 Å². The van der Waals surface area contributed by atoms with Crippen LogP contribution in [0.5, 0.6) is 0 Å². The molecule has 0 spiro atoms. The van der Waals surface area contributed by atoms with Gasteiger partial charge in [-0.25, -0.2) is 0 Å². The fraction of sp³-hybridized carbons (Fsp3) is 0.923. The first kappa shape index (κ1) is 13.5. The minimum absolute atomic E-state index is 0.343. The fourth-order valence-corrected chi connectivity index (χ4v) is 2.35. The molecule has 1 amide bonds. The van der Waals surface area contributed by atoms with Crippen LogP contribution in [0.15, 0.2) is 0 Å². The van der Waals surface area contributed by atoms with Crippen LogP contribution in [0.2, 0.25) is 0 Å². The summed E-state index contributed by atoms with van der Waals surface area (Å²) in [4.78, 5) is 13.4. The van der Waals surface area contributed by atoms with Crippen molar-refractivity contribution in [1.29, 1.82) is 0 Å². The van der Waals surface area contributed by atoms with Crippen LogP contribution in [-0.4, -0.2) is 36.5 Å². The summed E-state index contributed by atoms with van der Waals surface area (Å²) in [5.41, 5.74) is 0. The molecule has 1 saturated heterocycles. The van der Waals surface area contributed by atoms with Crippen LogP contribution in [0.3, 0.4) is 0 Å². The van der Waals surface area contributed by atoms with E-state index in [4.69, 9.17) is 0 Å². The number of hydrogen-bond donors (Lipinski definition) is 1. The topological polar surface area (TPSA) is 32.3 Å². The van der Waals surface area contributed by atoms with Crippen molar-refractivity contribution in [3.8, 4) is 0 Å².